The number of halogens is 1. The van der Waals surface area contributed by atoms with E-state index in [1.165, 1.54) is 0 Å². The summed E-state index contributed by atoms with van der Waals surface area (Å²) in [4.78, 5) is 0. The summed E-state index contributed by atoms with van der Waals surface area (Å²) in [6.07, 6.45) is 0. The third-order valence-corrected chi connectivity index (χ3v) is 1.95. The average molecular weight is 171 g/mol. The zero-order chi connectivity index (χ0) is 7.56. The highest BCUT2D eigenvalue weighted by atomic mass is 35.5. The fraction of sp³-hybridized carbons (Fsp3) is 0.125. The zero-order valence-electron chi connectivity index (χ0n) is 5.60. The van der Waals surface area contributed by atoms with Crippen molar-refractivity contribution in [2.75, 3.05) is 0 Å². The number of aryl methyl sites for hydroxylation is 1. The van der Waals surface area contributed by atoms with Crippen LogP contribution in [0, 0.1) is 6.92 Å². The maximum absolute atomic E-state index is 5.83. The molecule has 0 nitrogen and oxygen atoms in total. The van der Waals surface area contributed by atoms with Gasteiger partial charge in [-0.15, -0.1) is 0 Å². The van der Waals surface area contributed by atoms with E-state index >= 15 is 0 Å². The van der Waals surface area contributed by atoms with Crippen LogP contribution in [-0.2, 0) is 0 Å². The Kier molecular flexibility index (Phi) is 2.41. The molecule has 1 rings (SSSR count). The van der Waals surface area contributed by atoms with Gasteiger partial charge in [0.15, 0.2) is 0 Å². The van der Waals surface area contributed by atoms with Gasteiger partial charge in [-0.25, -0.2) is 0 Å². The molecule has 0 aliphatic carbocycles. The molecule has 0 bridgehead atoms. The quantitative estimate of drug-likeness (QED) is 0.584. The lowest BCUT2D eigenvalue weighted by Crippen LogP contribution is -1.84. The van der Waals surface area contributed by atoms with Crippen LogP contribution in [0.15, 0.2) is 18.2 Å². The minimum absolute atomic E-state index is 0.731. The maximum Gasteiger partial charge on any atom is 0.0489 e. The van der Waals surface area contributed by atoms with Crippen LogP contribution in [0.4, 0.5) is 0 Å². The number of rotatable bonds is 1. The lowest BCUT2D eigenvalue weighted by atomic mass is 10.1. The lowest BCUT2D eigenvalue weighted by Gasteiger charge is -1.99. The summed E-state index contributed by atoms with van der Waals surface area (Å²) in [7, 11) is 0. The molecule has 10 heavy (non-hydrogen) atoms. The Hall–Kier alpha value is -0.400. The largest absolute Gasteiger partial charge is 0.0880 e. The Bertz CT molecular complexity index is 235. The van der Waals surface area contributed by atoms with Crippen molar-refractivity contribution >= 4 is 29.2 Å². The molecule has 0 N–H and O–H groups in total. The number of hydrogen-bond acceptors (Lipinski definition) is 1. The van der Waals surface area contributed by atoms with E-state index in [2.05, 4.69) is 0 Å². The monoisotopic (exact) mass is 170 g/mol. The van der Waals surface area contributed by atoms with Gasteiger partial charge in [-0.2, -0.15) is 0 Å². The highest BCUT2D eigenvalue weighted by molar-refractivity contribution is 7.79. The van der Waals surface area contributed by atoms with E-state index in [4.69, 9.17) is 23.8 Å². The molecule has 1 aromatic rings. The van der Waals surface area contributed by atoms with Crippen molar-refractivity contribution in [3.8, 4) is 0 Å². The number of thiocarbonyl (C=S) groups is 1. The summed E-state index contributed by atoms with van der Waals surface area (Å²) >= 11 is 10.6. The third kappa shape index (κ3) is 1.36. The van der Waals surface area contributed by atoms with Gasteiger partial charge in [-0.3, -0.25) is 0 Å². The van der Waals surface area contributed by atoms with Crippen LogP contribution in [0.5, 0.6) is 0 Å². The van der Waals surface area contributed by atoms with Gasteiger partial charge in [0.25, 0.3) is 0 Å². The van der Waals surface area contributed by atoms with Crippen LogP contribution >= 0.6 is 23.8 Å². The summed E-state index contributed by atoms with van der Waals surface area (Å²) in [5.41, 5.74) is 2.08. The number of hydrogen-bond donors (Lipinski definition) is 0. The second-order valence-electron chi connectivity index (χ2n) is 2.09. The molecule has 0 amide bonds. The summed E-state index contributed by atoms with van der Waals surface area (Å²) in [5, 5.41) is 2.34. The van der Waals surface area contributed by atoms with Gasteiger partial charge in [0.1, 0.15) is 0 Å². The normalized spacial score (nSPS) is 9.40. The molecule has 0 aliphatic heterocycles. The fourth-order valence-electron chi connectivity index (χ4n) is 0.794. The second-order valence-corrected chi connectivity index (χ2v) is 2.73. The van der Waals surface area contributed by atoms with Crippen molar-refractivity contribution in [1.29, 1.82) is 0 Å². The van der Waals surface area contributed by atoms with Crippen LogP contribution in [0.1, 0.15) is 11.1 Å². The van der Waals surface area contributed by atoms with E-state index in [-0.39, 0.29) is 0 Å². The minimum atomic E-state index is 0.731. The molecule has 0 heterocycles. The van der Waals surface area contributed by atoms with Crippen LogP contribution < -0.4 is 0 Å². The van der Waals surface area contributed by atoms with Crippen LogP contribution in [0.25, 0.3) is 0 Å². The molecular formula is C8H7ClS. The molecule has 0 aromatic heterocycles. The van der Waals surface area contributed by atoms with Crippen molar-refractivity contribution < 1.29 is 0 Å². The van der Waals surface area contributed by atoms with Gasteiger partial charge in [-0.1, -0.05) is 36.0 Å². The summed E-state index contributed by atoms with van der Waals surface area (Å²) in [5.74, 6) is 0. The van der Waals surface area contributed by atoms with E-state index < -0.39 is 0 Å². The Morgan fingerprint density at radius 1 is 1.50 bits per heavy atom. The molecule has 0 fully saturated rings. The molecule has 1 aromatic carbocycles. The summed E-state index contributed by atoms with van der Waals surface area (Å²) < 4.78 is 0. The smallest absolute Gasteiger partial charge is 0.0489 e. The first-order valence-electron chi connectivity index (χ1n) is 2.96. The summed E-state index contributed by atoms with van der Waals surface area (Å²) in [6.45, 7) is 1.99. The molecule has 0 saturated carbocycles. The highest BCUT2D eigenvalue weighted by Crippen LogP contribution is 2.16. The van der Waals surface area contributed by atoms with Crippen molar-refractivity contribution in [2.45, 2.75) is 6.92 Å². The predicted molar refractivity (Wildman–Crippen MR) is 48.9 cm³/mol. The first-order chi connectivity index (χ1) is 4.75. The van der Waals surface area contributed by atoms with Crippen LogP contribution in [0.3, 0.4) is 0 Å². The second kappa shape index (κ2) is 3.13. The molecule has 0 unspecified atom stereocenters. The topological polar surface area (TPSA) is 0 Å². The van der Waals surface area contributed by atoms with Crippen molar-refractivity contribution in [1.82, 2.24) is 0 Å². The van der Waals surface area contributed by atoms with E-state index in [1.54, 1.807) is 5.37 Å². The van der Waals surface area contributed by atoms with E-state index in [0.717, 1.165) is 16.1 Å². The number of benzene rings is 1. The SMILES string of the molecule is Cc1cccc(Cl)c1C=S. The minimum Gasteiger partial charge on any atom is -0.0880 e. The molecule has 0 saturated heterocycles. The van der Waals surface area contributed by atoms with Gasteiger partial charge in [0.05, 0.1) is 0 Å². The Labute approximate surface area is 70.8 Å². The molecule has 0 spiro atoms. The zero-order valence-corrected chi connectivity index (χ0v) is 7.17. The fourth-order valence-corrected chi connectivity index (χ4v) is 1.45. The first kappa shape index (κ1) is 7.70. The van der Waals surface area contributed by atoms with Crippen LogP contribution in [0.2, 0.25) is 5.02 Å². The van der Waals surface area contributed by atoms with Gasteiger partial charge in [0.2, 0.25) is 0 Å². The molecule has 0 atom stereocenters. The Morgan fingerprint density at radius 2 is 2.20 bits per heavy atom. The van der Waals surface area contributed by atoms with Gasteiger partial charge < -0.3 is 0 Å². The van der Waals surface area contributed by atoms with Gasteiger partial charge in [0, 0.05) is 16.0 Å². The average Bonchev–Trinajstić information content (AvgIpc) is 1.88. The molecule has 0 aliphatic rings. The maximum atomic E-state index is 5.83. The Morgan fingerprint density at radius 3 is 2.60 bits per heavy atom. The summed E-state index contributed by atoms with van der Waals surface area (Å²) in [6, 6.07) is 5.75. The third-order valence-electron chi connectivity index (χ3n) is 1.39. The predicted octanol–water partition coefficient (Wildman–Crippen LogP) is 3.00. The molecule has 52 valence electrons. The standard InChI is InChI=1S/C8H7ClS/c1-6-3-2-4-8(9)7(6)5-10/h2-5H,1H3. The van der Waals surface area contributed by atoms with Crippen molar-refractivity contribution in [3.05, 3.63) is 34.3 Å². The first-order valence-corrected chi connectivity index (χ1v) is 3.81. The lowest BCUT2D eigenvalue weighted by molar-refractivity contribution is 1.46. The van der Waals surface area contributed by atoms with E-state index in [0.29, 0.717) is 0 Å². The molecular weight excluding hydrogens is 164 g/mol. The van der Waals surface area contributed by atoms with Gasteiger partial charge in [-0.05, 0) is 18.6 Å². The van der Waals surface area contributed by atoms with Gasteiger partial charge >= 0.3 is 0 Å². The van der Waals surface area contributed by atoms with E-state index in [9.17, 15) is 0 Å². The van der Waals surface area contributed by atoms with E-state index in [1.807, 2.05) is 25.1 Å². The Balaban J connectivity index is 3.30. The van der Waals surface area contributed by atoms with Crippen LogP contribution in [-0.4, -0.2) is 5.37 Å². The van der Waals surface area contributed by atoms with Crippen molar-refractivity contribution in [2.24, 2.45) is 0 Å². The van der Waals surface area contributed by atoms with Crippen molar-refractivity contribution in [3.63, 3.8) is 0 Å². The molecule has 0 radical (unpaired) electrons. The highest BCUT2D eigenvalue weighted by Gasteiger charge is 1.97. The molecule has 2 heteroatoms.